The minimum Gasteiger partial charge on any atom is -0.300 e. The minimum absolute atomic E-state index is 0. The molecule has 0 aliphatic heterocycles. The van der Waals surface area contributed by atoms with Gasteiger partial charge in [0, 0.05) is 6.42 Å². The number of ketones is 1. The molecule has 0 amide bonds. The Bertz CT molecular complexity index is 68.9. The molecule has 0 aliphatic carbocycles. The van der Waals surface area contributed by atoms with Gasteiger partial charge in [0.25, 0.3) is 0 Å². The van der Waals surface area contributed by atoms with Crippen molar-refractivity contribution in [2.24, 2.45) is 5.92 Å². The molecule has 0 aliphatic rings. The van der Waals surface area contributed by atoms with E-state index in [1.54, 1.807) is 6.92 Å². The molecule has 0 aromatic rings. The second-order valence-corrected chi connectivity index (χ2v) is 2.30. The smallest absolute Gasteiger partial charge is 0.187 e. The lowest BCUT2D eigenvalue weighted by atomic mass is 10.1. The molecule has 0 spiro atoms. The van der Waals surface area contributed by atoms with Crippen molar-refractivity contribution < 1.29 is 4.79 Å². The highest BCUT2D eigenvalue weighted by Gasteiger charge is 1.95. The summed E-state index contributed by atoms with van der Waals surface area (Å²) < 4.78 is 0. The molecule has 0 radical (unpaired) electrons. The largest absolute Gasteiger partial charge is 0.300 e. The van der Waals surface area contributed by atoms with Gasteiger partial charge in [-0.2, -0.15) is 0 Å². The highest BCUT2D eigenvalue weighted by molar-refractivity contribution is 5.75. The van der Waals surface area contributed by atoms with Crippen molar-refractivity contribution in [1.82, 2.24) is 0 Å². The number of rotatable bonds is 2. The summed E-state index contributed by atoms with van der Waals surface area (Å²) in [6, 6.07) is 0. The molecule has 1 nitrogen and oxygen atoms in total. The van der Waals surface area contributed by atoms with Crippen LogP contribution in [0.25, 0.3) is 0 Å². The van der Waals surface area contributed by atoms with Gasteiger partial charge >= 0.3 is 0 Å². The summed E-state index contributed by atoms with van der Waals surface area (Å²) in [5.41, 5.74) is 0. The lowest BCUT2D eigenvalue weighted by Crippen LogP contribution is -1.95. The maximum Gasteiger partial charge on any atom is 0.187 e. The summed E-state index contributed by atoms with van der Waals surface area (Å²) in [6.45, 7) is 5.71. The van der Waals surface area contributed by atoms with Crippen molar-refractivity contribution >= 4 is 23.1 Å². The average Bonchev–Trinajstić information content (AvgIpc) is 1.27. The van der Waals surface area contributed by atoms with Crippen LogP contribution in [-0.4, -0.2) is 23.1 Å². The van der Waals surface area contributed by atoms with Gasteiger partial charge in [0.15, 0.2) is 17.4 Å². The van der Waals surface area contributed by atoms with Gasteiger partial charge in [0.05, 0.1) is 0 Å². The van der Waals surface area contributed by atoms with Crippen molar-refractivity contribution in [3.63, 3.8) is 0 Å². The fourth-order valence-electron chi connectivity index (χ4n) is 0.575. The first-order valence-electron chi connectivity index (χ1n) is 2.62. The molecule has 0 heterocycles. The van der Waals surface area contributed by atoms with E-state index in [0.717, 1.165) is 6.42 Å². The molecule has 8 heavy (non-hydrogen) atoms. The van der Waals surface area contributed by atoms with Gasteiger partial charge in [-0.3, -0.25) is 0 Å². The van der Waals surface area contributed by atoms with Crippen LogP contribution in [0.1, 0.15) is 27.2 Å². The Kier molecular flexibility index (Phi) is 7.38. The number of carbonyl (C=O) groups is 1. The lowest BCUT2D eigenvalue weighted by Gasteiger charge is -1.95. The van der Waals surface area contributed by atoms with Gasteiger partial charge in [-0.15, -0.1) is 0 Å². The Labute approximate surface area is 61.6 Å². The van der Waals surface area contributed by atoms with Gasteiger partial charge in [-0.25, -0.2) is 0 Å². The first kappa shape index (κ1) is 11.1. The first-order valence-corrected chi connectivity index (χ1v) is 2.62. The Morgan fingerprint density at radius 3 is 1.88 bits per heavy atom. The molecule has 0 rings (SSSR count). The number of hydrogen-bond donors (Lipinski definition) is 0. The van der Waals surface area contributed by atoms with Crippen LogP contribution in [0.2, 0.25) is 0 Å². The summed E-state index contributed by atoms with van der Waals surface area (Å²) in [5.74, 6) is 0.813. The van der Waals surface area contributed by atoms with Crippen LogP contribution < -0.4 is 0 Å². The summed E-state index contributed by atoms with van der Waals surface area (Å²) in [5, 5.41) is 0. The predicted octanol–water partition coefficient (Wildman–Crippen LogP) is 0.438. The Hall–Kier alpha value is 0.202. The zero-order valence-electron chi connectivity index (χ0n) is 5.19. The fraction of sp³-hybridized carbons (Fsp3) is 0.833. The van der Waals surface area contributed by atoms with Crippen molar-refractivity contribution in [2.75, 3.05) is 0 Å². The normalized spacial score (nSPS) is 8.50. The number of carbonyl (C=O) groups excluding carboxylic acids is 1. The maximum absolute atomic E-state index is 10.3. The highest BCUT2D eigenvalue weighted by atomic mass is 27.0. The Balaban J connectivity index is 0. The summed E-state index contributed by atoms with van der Waals surface area (Å²) in [6.07, 6.45) is 0.722. The van der Waals surface area contributed by atoms with E-state index >= 15 is 0 Å². The lowest BCUT2D eigenvalue weighted by molar-refractivity contribution is -0.117. The standard InChI is InChI=1S/C6H12O.Al.3H/c1-5(2)4-6(3)7;;;;/h5H,4H2,1-3H3;;;;. The fourth-order valence-corrected chi connectivity index (χ4v) is 0.575. The van der Waals surface area contributed by atoms with Gasteiger partial charge in [-0.1, -0.05) is 13.8 Å². The molecule has 0 atom stereocenters. The molecule has 0 bridgehead atoms. The third-order valence-electron chi connectivity index (χ3n) is 0.696. The molecular formula is C6H15AlO. The molecule has 0 N–H and O–H groups in total. The van der Waals surface area contributed by atoms with E-state index in [4.69, 9.17) is 0 Å². The van der Waals surface area contributed by atoms with Crippen molar-refractivity contribution in [2.45, 2.75) is 27.2 Å². The monoisotopic (exact) mass is 130 g/mol. The molecule has 0 saturated heterocycles. The van der Waals surface area contributed by atoms with E-state index in [9.17, 15) is 4.79 Å². The van der Waals surface area contributed by atoms with Gasteiger partial charge in [0.2, 0.25) is 0 Å². The van der Waals surface area contributed by atoms with Crippen molar-refractivity contribution in [1.29, 1.82) is 0 Å². The molecule has 0 aromatic heterocycles. The van der Waals surface area contributed by atoms with Crippen LogP contribution in [0, 0.1) is 5.92 Å². The zero-order chi connectivity index (χ0) is 5.86. The van der Waals surface area contributed by atoms with E-state index in [1.807, 2.05) is 13.8 Å². The third kappa shape index (κ3) is 9.51. The Morgan fingerprint density at radius 2 is 1.88 bits per heavy atom. The average molecular weight is 130 g/mol. The third-order valence-corrected chi connectivity index (χ3v) is 0.696. The maximum atomic E-state index is 10.3. The van der Waals surface area contributed by atoms with Gasteiger partial charge < -0.3 is 4.79 Å². The van der Waals surface area contributed by atoms with Crippen LogP contribution in [-0.2, 0) is 4.79 Å². The zero-order valence-corrected chi connectivity index (χ0v) is 5.19. The summed E-state index contributed by atoms with van der Waals surface area (Å²) in [4.78, 5) is 10.3. The first-order chi connectivity index (χ1) is 3.13. The van der Waals surface area contributed by atoms with Crippen molar-refractivity contribution in [3.8, 4) is 0 Å². The van der Waals surface area contributed by atoms with Crippen LogP contribution in [0.5, 0.6) is 0 Å². The SMILES string of the molecule is CC(=O)CC(C)C.[AlH3]. The van der Waals surface area contributed by atoms with Gasteiger partial charge in [-0.05, 0) is 12.8 Å². The number of Topliss-reactive ketones (excluding diaryl/α,β-unsaturated/α-hetero) is 1. The van der Waals surface area contributed by atoms with E-state index in [0.29, 0.717) is 5.92 Å². The predicted molar refractivity (Wildman–Crippen MR) is 40.1 cm³/mol. The van der Waals surface area contributed by atoms with E-state index in [-0.39, 0.29) is 23.1 Å². The highest BCUT2D eigenvalue weighted by Crippen LogP contribution is 1.97. The molecular weight excluding hydrogens is 115 g/mol. The van der Waals surface area contributed by atoms with E-state index < -0.39 is 0 Å². The van der Waals surface area contributed by atoms with E-state index in [1.165, 1.54) is 0 Å². The second kappa shape index (κ2) is 5.34. The van der Waals surface area contributed by atoms with Crippen LogP contribution in [0.3, 0.4) is 0 Å². The molecule has 0 saturated carbocycles. The molecule has 2 heteroatoms. The van der Waals surface area contributed by atoms with E-state index in [2.05, 4.69) is 0 Å². The second-order valence-electron chi connectivity index (χ2n) is 2.30. The van der Waals surface area contributed by atoms with Crippen LogP contribution >= 0.6 is 0 Å². The number of hydrogen-bond acceptors (Lipinski definition) is 1. The van der Waals surface area contributed by atoms with Crippen LogP contribution in [0.15, 0.2) is 0 Å². The quantitative estimate of drug-likeness (QED) is 0.496. The molecule has 0 aromatic carbocycles. The molecule has 0 unspecified atom stereocenters. The topological polar surface area (TPSA) is 17.1 Å². The molecule has 0 fully saturated rings. The summed E-state index contributed by atoms with van der Waals surface area (Å²) in [7, 11) is 0. The summed E-state index contributed by atoms with van der Waals surface area (Å²) >= 11 is 0. The minimum atomic E-state index is 0. The van der Waals surface area contributed by atoms with Gasteiger partial charge in [0.1, 0.15) is 5.78 Å². The van der Waals surface area contributed by atoms with Crippen molar-refractivity contribution in [3.05, 3.63) is 0 Å². The Morgan fingerprint density at radius 1 is 1.50 bits per heavy atom. The molecule has 48 valence electrons. The van der Waals surface area contributed by atoms with Crippen LogP contribution in [0.4, 0.5) is 0 Å².